The Balaban J connectivity index is 2.28. The first-order valence-corrected chi connectivity index (χ1v) is 7.26. The topological polar surface area (TPSA) is 69.6 Å². The molecule has 120 valence electrons. The van der Waals surface area contributed by atoms with Crippen LogP contribution >= 0.6 is 0 Å². The van der Waals surface area contributed by atoms with E-state index in [4.69, 9.17) is 0 Å². The second-order valence-electron chi connectivity index (χ2n) is 5.55. The minimum atomic E-state index is -0.776. The summed E-state index contributed by atoms with van der Waals surface area (Å²) < 4.78 is 0. The first-order valence-electron chi connectivity index (χ1n) is 7.26. The molecular formula is C18H20N2O3. The van der Waals surface area contributed by atoms with Gasteiger partial charge in [0.25, 0.3) is 5.91 Å². The number of phenols is 1. The minimum absolute atomic E-state index is 0.0489. The number of amides is 2. The number of aryl methyl sites for hydroxylation is 1. The molecule has 0 saturated carbocycles. The molecular weight excluding hydrogens is 292 g/mol. The normalized spacial score (nSPS) is 11.6. The Labute approximate surface area is 135 Å². The first kappa shape index (κ1) is 16.5. The zero-order valence-electron chi connectivity index (χ0n) is 13.4. The van der Waals surface area contributed by atoms with Gasteiger partial charge in [-0.15, -0.1) is 0 Å². The van der Waals surface area contributed by atoms with Crippen molar-refractivity contribution >= 4 is 11.8 Å². The first-order chi connectivity index (χ1) is 10.9. The highest BCUT2D eigenvalue weighted by atomic mass is 16.3. The van der Waals surface area contributed by atoms with E-state index < -0.39 is 11.9 Å². The van der Waals surface area contributed by atoms with E-state index in [1.165, 1.54) is 11.0 Å². The third-order valence-electron chi connectivity index (χ3n) is 3.57. The molecule has 2 aromatic carbocycles. The van der Waals surface area contributed by atoms with Crippen molar-refractivity contribution in [1.29, 1.82) is 0 Å². The van der Waals surface area contributed by atoms with Crippen molar-refractivity contribution in [2.24, 2.45) is 0 Å². The molecule has 0 saturated heterocycles. The fourth-order valence-electron chi connectivity index (χ4n) is 2.16. The van der Waals surface area contributed by atoms with Crippen LogP contribution in [-0.2, 0) is 4.79 Å². The lowest BCUT2D eigenvalue weighted by atomic mass is 10.0. The van der Waals surface area contributed by atoms with Gasteiger partial charge in [-0.25, -0.2) is 0 Å². The lowest BCUT2D eigenvalue weighted by Crippen LogP contribution is -2.39. The molecule has 0 aliphatic heterocycles. The highest BCUT2D eigenvalue weighted by Crippen LogP contribution is 2.19. The van der Waals surface area contributed by atoms with E-state index in [0.29, 0.717) is 16.7 Å². The van der Waals surface area contributed by atoms with Crippen LogP contribution in [0.15, 0.2) is 48.5 Å². The van der Waals surface area contributed by atoms with Crippen molar-refractivity contribution in [1.82, 2.24) is 10.2 Å². The third kappa shape index (κ3) is 3.88. The van der Waals surface area contributed by atoms with Crippen molar-refractivity contribution in [3.8, 4) is 5.75 Å². The number of phenolic OH excluding ortho intramolecular Hbond substituents is 1. The molecule has 5 heteroatoms. The highest BCUT2D eigenvalue weighted by molar-refractivity contribution is 5.98. The van der Waals surface area contributed by atoms with Gasteiger partial charge in [0.2, 0.25) is 5.91 Å². The molecule has 0 aliphatic carbocycles. The zero-order valence-corrected chi connectivity index (χ0v) is 13.4. The summed E-state index contributed by atoms with van der Waals surface area (Å²) in [5.74, 6) is -0.585. The SMILES string of the molecule is Cc1ccc(C(=O)N[C@@H](C(=O)N(C)C)c2ccccc2)cc1O. The van der Waals surface area contributed by atoms with Crippen LogP contribution in [0.5, 0.6) is 5.75 Å². The van der Waals surface area contributed by atoms with E-state index in [0.717, 1.165) is 0 Å². The Kier molecular flexibility index (Phi) is 5.01. The third-order valence-corrected chi connectivity index (χ3v) is 3.57. The number of carbonyl (C=O) groups excluding carboxylic acids is 2. The van der Waals surface area contributed by atoms with Crippen molar-refractivity contribution in [2.45, 2.75) is 13.0 Å². The molecule has 0 fully saturated rings. The van der Waals surface area contributed by atoms with Gasteiger partial charge in [-0.1, -0.05) is 36.4 Å². The molecule has 0 aliphatic rings. The summed E-state index contributed by atoms with van der Waals surface area (Å²) in [6.07, 6.45) is 0. The van der Waals surface area contributed by atoms with Gasteiger partial charge in [-0.2, -0.15) is 0 Å². The number of hydrogen-bond donors (Lipinski definition) is 2. The Hall–Kier alpha value is -2.82. The molecule has 23 heavy (non-hydrogen) atoms. The Bertz CT molecular complexity index is 711. The number of carbonyl (C=O) groups is 2. The summed E-state index contributed by atoms with van der Waals surface area (Å²) in [7, 11) is 3.28. The fourth-order valence-corrected chi connectivity index (χ4v) is 2.16. The van der Waals surface area contributed by atoms with Crippen LogP contribution in [0.1, 0.15) is 27.5 Å². The summed E-state index contributed by atoms with van der Waals surface area (Å²) in [5, 5.41) is 12.5. The number of aromatic hydroxyl groups is 1. The van der Waals surface area contributed by atoms with Gasteiger partial charge in [0.05, 0.1) is 0 Å². The number of benzene rings is 2. The second-order valence-corrected chi connectivity index (χ2v) is 5.55. The van der Waals surface area contributed by atoms with E-state index >= 15 is 0 Å². The van der Waals surface area contributed by atoms with Gasteiger partial charge in [-0.05, 0) is 30.2 Å². The fraction of sp³-hybridized carbons (Fsp3) is 0.222. The summed E-state index contributed by atoms with van der Waals surface area (Å²) in [4.78, 5) is 26.3. The highest BCUT2D eigenvalue weighted by Gasteiger charge is 2.24. The quantitative estimate of drug-likeness (QED) is 0.910. The molecule has 2 N–H and O–H groups in total. The lowest BCUT2D eigenvalue weighted by Gasteiger charge is -2.22. The maximum absolute atomic E-state index is 12.4. The Morgan fingerprint density at radius 1 is 1.09 bits per heavy atom. The predicted molar refractivity (Wildman–Crippen MR) is 88.2 cm³/mol. The molecule has 0 unspecified atom stereocenters. The molecule has 0 aromatic heterocycles. The molecule has 0 spiro atoms. The monoisotopic (exact) mass is 312 g/mol. The van der Waals surface area contributed by atoms with E-state index in [9.17, 15) is 14.7 Å². The number of nitrogens with one attached hydrogen (secondary N) is 1. The average molecular weight is 312 g/mol. The van der Waals surface area contributed by atoms with E-state index in [2.05, 4.69) is 5.32 Å². The minimum Gasteiger partial charge on any atom is -0.508 e. The van der Waals surface area contributed by atoms with Crippen LogP contribution in [0.4, 0.5) is 0 Å². The maximum Gasteiger partial charge on any atom is 0.252 e. The van der Waals surface area contributed by atoms with Crippen molar-refractivity contribution in [2.75, 3.05) is 14.1 Å². The molecule has 1 atom stereocenters. The molecule has 2 aromatic rings. The zero-order chi connectivity index (χ0) is 17.0. The van der Waals surface area contributed by atoms with Crippen molar-refractivity contribution in [3.05, 3.63) is 65.2 Å². The summed E-state index contributed by atoms with van der Waals surface area (Å²) in [6.45, 7) is 1.75. The standard InChI is InChI=1S/C18H20N2O3/c1-12-9-10-14(11-15(12)21)17(22)19-16(18(23)20(2)3)13-7-5-4-6-8-13/h4-11,16,21H,1-3H3,(H,19,22)/t16-/m1/s1. The van der Waals surface area contributed by atoms with Gasteiger partial charge in [-0.3, -0.25) is 9.59 Å². The van der Waals surface area contributed by atoms with Crippen LogP contribution < -0.4 is 5.32 Å². The second kappa shape index (κ2) is 6.96. The number of rotatable bonds is 4. The molecule has 0 heterocycles. The van der Waals surface area contributed by atoms with Crippen LogP contribution in [0, 0.1) is 6.92 Å². The number of hydrogen-bond acceptors (Lipinski definition) is 3. The molecule has 5 nitrogen and oxygen atoms in total. The summed E-state index contributed by atoms with van der Waals surface area (Å²) in [6, 6.07) is 13.0. The van der Waals surface area contributed by atoms with Crippen LogP contribution in [-0.4, -0.2) is 35.9 Å². The Morgan fingerprint density at radius 2 is 1.74 bits per heavy atom. The number of nitrogens with zero attached hydrogens (tertiary/aromatic N) is 1. The molecule has 2 amide bonds. The van der Waals surface area contributed by atoms with E-state index in [1.54, 1.807) is 45.3 Å². The molecule has 0 bridgehead atoms. The van der Waals surface area contributed by atoms with Gasteiger partial charge >= 0.3 is 0 Å². The van der Waals surface area contributed by atoms with Crippen molar-refractivity contribution < 1.29 is 14.7 Å². The average Bonchev–Trinajstić information content (AvgIpc) is 2.55. The van der Waals surface area contributed by atoms with Gasteiger partial charge in [0.15, 0.2) is 0 Å². The van der Waals surface area contributed by atoms with Crippen molar-refractivity contribution in [3.63, 3.8) is 0 Å². The van der Waals surface area contributed by atoms with Gasteiger partial charge in [0.1, 0.15) is 11.8 Å². The predicted octanol–water partition coefficient (Wildman–Crippen LogP) is 2.26. The van der Waals surface area contributed by atoms with Crippen LogP contribution in [0.3, 0.4) is 0 Å². The maximum atomic E-state index is 12.4. The van der Waals surface area contributed by atoms with Crippen LogP contribution in [0.25, 0.3) is 0 Å². The van der Waals surface area contributed by atoms with Gasteiger partial charge < -0.3 is 15.3 Å². The number of likely N-dealkylation sites (N-methyl/N-ethyl adjacent to an activating group) is 1. The Morgan fingerprint density at radius 3 is 2.30 bits per heavy atom. The largest absolute Gasteiger partial charge is 0.508 e. The van der Waals surface area contributed by atoms with E-state index in [-0.39, 0.29) is 11.7 Å². The lowest BCUT2D eigenvalue weighted by molar-refractivity contribution is -0.130. The smallest absolute Gasteiger partial charge is 0.252 e. The van der Waals surface area contributed by atoms with E-state index in [1.807, 2.05) is 18.2 Å². The molecule has 2 rings (SSSR count). The summed E-state index contributed by atoms with van der Waals surface area (Å²) >= 11 is 0. The van der Waals surface area contributed by atoms with Crippen LogP contribution in [0.2, 0.25) is 0 Å². The summed E-state index contributed by atoms with van der Waals surface area (Å²) in [5.41, 5.74) is 1.70. The van der Waals surface area contributed by atoms with Gasteiger partial charge in [0, 0.05) is 19.7 Å². The molecule has 0 radical (unpaired) electrons.